The van der Waals surface area contributed by atoms with E-state index in [0.29, 0.717) is 6.42 Å². The number of allylic oxidation sites excluding steroid dienone is 2. The van der Waals surface area contributed by atoms with Crippen molar-refractivity contribution in [2.45, 2.75) is 49.0 Å². The summed E-state index contributed by atoms with van der Waals surface area (Å²) in [5.41, 5.74) is 0. The number of hydrogen-bond acceptors (Lipinski definition) is 3. The highest BCUT2D eigenvalue weighted by Crippen LogP contribution is 2.55. The fourth-order valence-electron chi connectivity index (χ4n) is 1.60. The van der Waals surface area contributed by atoms with Gasteiger partial charge in [0.15, 0.2) is 0 Å². The lowest BCUT2D eigenvalue weighted by Crippen LogP contribution is -2.63. The fourth-order valence-corrected chi connectivity index (χ4v) is 2.58. The molecule has 0 aromatic carbocycles. The van der Waals surface area contributed by atoms with Crippen molar-refractivity contribution in [2.24, 2.45) is 0 Å². The molecule has 0 aromatic rings. The summed E-state index contributed by atoms with van der Waals surface area (Å²) in [5.74, 6) is -15.3. The molecular weight excluding hydrogens is 371 g/mol. The van der Waals surface area contributed by atoms with Crippen molar-refractivity contribution in [1.29, 1.82) is 0 Å². The van der Waals surface area contributed by atoms with Crippen LogP contribution >= 0.6 is 0 Å². The highest BCUT2D eigenvalue weighted by Gasteiger charge is 2.86. The van der Waals surface area contributed by atoms with Crippen molar-refractivity contribution in [3.05, 3.63) is 11.8 Å². The predicted molar refractivity (Wildman–Crippen MR) is 57.5 cm³/mol. The molecule has 0 amide bonds. The first kappa shape index (κ1) is 19.9. The monoisotopic (exact) mass is 380 g/mol. The largest absolute Gasteiger partial charge is 0.460 e. The highest BCUT2D eigenvalue weighted by atomic mass is 32.2. The molecule has 0 unspecified atom stereocenters. The molecule has 23 heavy (non-hydrogen) atoms. The minimum atomic E-state index is -7.29. The lowest BCUT2D eigenvalue weighted by Gasteiger charge is -2.32. The second-order valence-corrected chi connectivity index (χ2v) is 6.20. The van der Waals surface area contributed by atoms with Gasteiger partial charge in [0, 0.05) is 6.42 Å². The zero-order valence-corrected chi connectivity index (χ0v) is 11.8. The minimum absolute atomic E-state index is 0.144. The van der Waals surface area contributed by atoms with Crippen LogP contribution in [0.5, 0.6) is 0 Å². The van der Waals surface area contributed by atoms with E-state index in [2.05, 4.69) is 4.18 Å². The van der Waals surface area contributed by atoms with Crippen LogP contribution < -0.4 is 0 Å². The van der Waals surface area contributed by atoms with Crippen LogP contribution in [0.15, 0.2) is 11.8 Å². The Labute approximate surface area is 124 Å². The molecule has 136 valence electrons. The van der Waals surface area contributed by atoms with Crippen LogP contribution in [-0.2, 0) is 14.3 Å². The summed E-state index contributed by atoms with van der Waals surface area (Å²) >= 11 is 0. The van der Waals surface area contributed by atoms with Crippen LogP contribution in [0.1, 0.15) is 25.7 Å². The Morgan fingerprint density at radius 1 is 0.870 bits per heavy atom. The van der Waals surface area contributed by atoms with Crippen LogP contribution in [0.3, 0.4) is 0 Å². The van der Waals surface area contributed by atoms with Crippen LogP contribution in [0.25, 0.3) is 0 Å². The molecule has 0 atom stereocenters. The third kappa shape index (κ3) is 3.24. The molecule has 0 aromatic heterocycles. The first-order valence-electron chi connectivity index (χ1n) is 5.91. The Bertz CT molecular complexity index is 577. The summed E-state index contributed by atoms with van der Waals surface area (Å²) in [4.78, 5) is 0. The number of rotatable bonds is 5. The zero-order valence-electron chi connectivity index (χ0n) is 10.9. The molecule has 1 aliphatic rings. The van der Waals surface area contributed by atoms with Gasteiger partial charge in [-0.1, -0.05) is 0 Å². The van der Waals surface area contributed by atoms with Crippen molar-refractivity contribution in [1.82, 2.24) is 0 Å². The molecule has 13 heteroatoms. The molecule has 0 aliphatic heterocycles. The van der Waals surface area contributed by atoms with Gasteiger partial charge >= 0.3 is 33.4 Å². The first-order chi connectivity index (χ1) is 10.1. The topological polar surface area (TPSA) is 43.4 Å². The average molecular weight is 380 g/mol. The van der Waals surface area contributed by atoms with Gasteiger partial charge in [0.1, 0.15) is 5.76 Å². The third-order valence-electron chi connectivity index (χ3n) is 2.90. The lowest BCUT2D eigenvalue weighted by atomic mass is 10.1. The number of halogens is 9. The van der Waals surface area contributed by atoms with Crippen molar-refractivity contribution in [3.63, 3.8) is 0 Å². The van der Waals surface area contributed by atoms with Crippen LogP contribution in [0.2, 0.25) is 0 Å². The summed E-state index contributed by atoms with van der Waals surface area (Å²) in [7, 11) is -6.79. The van der Waals surface area contributed by atoms with E-state index in [-0.39, 0.29) is 19.3 Å². The Morgan fingerprint density at radius 3 is 1.78 bits per heavy atom. The third-order valence-corrected chi connectivity index (χ3v) is 4.21. The van der Waals surface area contributed by atoms with Gasteiger partial charge < -0.3 is 4.18 Å². The summed E-state index contributed by atoms with van der Waals surface area (Å²) < 4.78 is 140. The van der Waals surface area contributed by atoms with Gasteiger partial charge in [0.05, 0.1) is 0 Å². The van der Waals surface area contributed by atoms with E-state index in [0.717, 1.165) is 6.08 Å². The van der Waals surface area contributed by atoms with Crippen molar-refractivity contribution in [2.75, 3.05) is 0 Å². The molecule has 0 bridgehead atoms. The van der Waals surface area contributed by atoms with Crippen LogP contribution in [0, 0.1) is 0 Å². The Hall–Kier alpha value is -1.14. The van der Waals surface area contributed by atoms with E-state index in [1.807, 2.05) is 0 Å². The second kappa shape index (κ2) is 5.74. The minimum Gasteiger partial charge on any atom is -0.383 e. The second-order valence-electron chi connectivity index (χ2n) is 4.62. The van der Waals surface area contributed by atoms with Crippen LogP contribution in [0.4, 0.5) is 39.5 Å². The molecule has 1 aliphatic carbocycles. The maximum atomic E-state index is 13.3. The maximum absolute atomic E-state index is 13.3. The summed E-state index contributed by atoms with van der Waals surface area (Å²) in [6.45, 7) is 0. The summed E-state index contributed by atoms with van der Waals surface area (Å²) in [6.07, 6.45) is -5.54. The molecule has 0 fully saturated rings. The van der Waals surface area contributed by atoms with E-state index in [9.17, 15) is 47.9 Å². The van der Waals surface area contributed by atoms with E-state index in [1.165, 1.54) is 0 Å². The lowest BCUT2D eigenvalue weighted by molar-refractivity contribution is -0.382. The molecule has 0 saturated carbocycles. The molecule has 0 N–H and O–H groups in total. The average Bonchev–Trinajstić information content (AvgIpc) is 2.37. The van der Waals surface area contributed by atoms with Crippen molar-refractivity contribution in [3.8, 4) is 0 Å². The molecular formula is C10H9F9O3S. The Morgan fingerprint density at radius 2 is 1.39 bits per heavy atom. The SMILES string of the molecule is O=S(=O)(OC1=CCCCC1)C(F)(F)C(F)(F)C(F)(F)C(F)(F)F. The van der Waals surface area contributed by atoms with Gasteiger partial charge in [-0.15, -0.1) is 0 Å². The van der Waals surface area contributed by atoms with Crippen molar-refractivity contribution >= 4 is 10.1 Å². The van der Waals surface area contributed by atoms with Crippen LogP contribution in [-0.4, -0.2) is 31.7 Å². The van der Waals surface area contributed by atoms with Gasteiger partial charge in [0.2, 0.25) is 0 Å². The maximum Gasteiger partial charge on any atom is 0.460 e. The summed E-state index contributed by atoms with van der Waals surface area (Å²) in [5, 5.41) is -6.81. The quantitative estimate of drug-likeness (QED) is 0.530. The van der Waals surface area contributed by atoms with Gasteiger partial charge in [-0.05, 0) is 25.3 Å². The van der Waals surface area contributed by atoms with E-state index >= 15 is 0 Å². The molecule has 0 spiro atoms. The standard InChI is InChI=1S/C10H9F9O3S/c11-7(12,9(15,16)17)8(13,14)10(18,19)23(20,21)22-6-4-2-1-3-5-6/h4H,1-3,5H2. The van der Waals surface area contributed by atoms with Gasteiger partial charge in [-0.25, -0.2) is 0 Å². The molecule has 1 rings (SSSR count). The normalized spacial score (nSPS) is 18.6. The molecule has 0 saturated heterocycles. The number of alkyl halides is 9. The van der Waals surface area contributed by atoms with Gasteiger partial charge in [0.25, 0.3) is 0 Å². The zero-order chi connectivity index (χ0) is 18.3. The molecule has 0 radical (unpaired) electrons. The van der Waals surface area contributed by atoms with Gasteiger partial charge in [-0.3, -0.25) is 0 Å². The summed E-state index contributed by atoms with van der Waals surface area (Å²) in [6, 6.07) is 0. The Balaban J connectivity index is 3.24. The highest BCUT2D eigenvalue weighted by molar-refractivity contribution is 7.88. The van der Waals surface area contributed by atoms with E-state index in [1.54, 1.807) is 0 Å². The van der Waals surface area contributed by atoms with Gasteiger partial charge in [-0.2, -0.15) is 47.9 Å². The number of hydrogen-bond donors (Lipinski definition) is 0. The predicted octanol–water partition coefficient (Wildman–Crippen LogP) is 4.22. The Kier molecular flexibility index (Phi) is 4.97. The molecule has 3 nitrogen and oxygen atoms in total. The van der Waals surface area contributed by atoms with E-state index in [4.69, 9.17) is 0 Å². The molecule has 0 heterocycles. The van der Waals surface area contributed by atoms with E-state index < -0.39 is 39.2 Å². The smallest absolute Gasteiger partial charge is 0.383 e. The van der Waals surface area contributed by atoms with Crippen molar-refractivity contribution < 1.29 is 52.1 Å². The fraction of sp³-hybridized carbons (Fsp3) is 0.800. The first-order valence-corrected chi connectivity index (χ1v) is 7.32.